The minimum atomic E-state index is -3.60. The molecule has 744 valence electrons. The zero-order chi connectivity index (χ0) is 98.7. The summed E-state index contributed by atoms with van der Waals surface area (Å²) in [6.45, 7) is 42.0. The number of aliphatic hydroxyl groups is 1. The number of benzene rings is 6. The van der Waals surface area contributed by atoms with Gasteiger partial charge in [0.2, 0.25) is 0 Å². The van der Waals surface area contributed by atoms with Crippen molar-refractivity contribution < 1.29 is 139 Å². The minimum Gasteiger partial charge on any atom is -0.465 e. The molecule has 0 radical (unpaired) electrons. The first kappa shape index (κ1) is 121. The summed E-state index contributed by atoms with van der Waals surface area (Å²) in [5.41, 5.74) is 7.16. The molecule has 0 bridgehead atoms. The van der Waals surface area contributed by atoms with Crippen molar-refractivity contribution in [3.8, 4) is 11.5 Å². The first-order chi connectivity index (χ1) is 62.6. The summed E-state index contributed by atoms with van der Waals surface area (Å²) in [5.74, 6) is -1.53. The number of unbranched alkanes of at least 4 members (excludes halogenated alkanes) is 3. The number of phosphoric ester groups is 2. The molecule has 0 aromatic heterocycles. The van der Waals surface area contributed by atoms with E-state index in [1.165, 1.54) is 50.2 Å². The number of hydrogen-bond donors (Lipinski definition) is 1. The van der Waals surface area contributed by atoms with Crippen LogP contribution in [0.5, 0.6) is 11.5 Å². The third-order valence-electron chi connectivity index (χ3n) is 19.0. The topological polar surface area (TPSA) is 374 Å². The van der Waals surface area contributed by atoms with E-state index in [-0.39, 0.29) is 124 Å². The first-order valence-electron chi connectivity index (χ1n) is 45.9. The predicted molar refractivity (Wildman–Crippen MR) is 514 cm³/mol. The van der Waals surface area contributed by atoms with Crippen molar-refractivity contribution >= 4 is 85.0 Å². The molecule has 6 rings (SSSR count). The zero-order valence-electron chi connectivity index (χ0n) is 81.8. The van der Waals surface area contributed by atoms with Crippen LogP contribution in [0.2, 0.25) is 0 Å². The number of para-hydroxylation sites is 1. The number of rotatable bonds is 59. The summed E-state index contributed by atoms with van der Waals surface area (Å²) in [6.07, 6.45) is 9.66. The molecular formula is C97H151O30P5. The molecule has 7 atom stereocenters. The van der Waals surface area contributed by atoms with Crippen LogP contribution in [0.25, 0.3) is 10.8 Å². The maximum absolute atomic E-state index is 12.5. The number of aliphatic hydroxyl groups excluding tert-OH is 1. The summed E-state index contributed by atoms with van der Waals surface area (Å²) in [5, 5.41) is 11.3. The molecule has 0 spiro atoms. The molecule has 0 aliphatic rings. The second-order valence-electron chi connectivity index (χ2n) is 31.9. The molecule has 30 nitrogen and oxygen atoms in total. The van der Waals surface area contributed by atoms with Gasteiger partial charge < -0.3 is 60.7 Å². The monoisotopic (exact) mass is 1950 g/mol. The van der Waals surface area contributed by atoms with Crippen molar-refractivity contribution in [3.05, 3.63) is 178 Å². The van der Waals surface area contributed by atoms with E-state index >= 15 is 0 Å². The average Bonchev–Trinajstić information content (AvgIpc) is 0.804. The second kappa shape index (κ2) is 67.3. The largest absolute Gasteiger partial charge is 0.474 e. The van der Waals surface area contributed by atoms with Crippen LogP contribution in [0, 0.1) is 23.7 Å². The third kappa shape index (κ3) is 52.4. The molecular weight excluding hydrogens is 1800 g/mol. The van der Waals surface area contributed by atoms with Crippen LogP contribution in [-0.4, -0.2) is 160 Å². The van der Waals surface area contributed by atoms with Crippen LogP contribution in [0.15, 0.2) is 133 Å². The molecule has 0 heterocycles. The van der Waals surface area contributed by atoms with E-state index in [0.29, 0.717) is 109 Å². The number of fused-ring (bicyclic) bond motifs is 1. The van der Waals surface area contributed by atoms with Crippen molar-refractivity contribution in [1.82, 2.24) is 0 Å². The van der Waals surface area contributed by atoms with E-state index in [1.807, 2.05) is 81.4 Å². The van der Waals surface area contributed by atoms with Crippen LogP contribution in [0.4, 0.5) is 0 Å². The fourth-order valence-electron chi connectivity index (χ4n) is 12.3. The van der Waals surface area contributed by atoms with E-state index in [0.717, 1.165) is 77.1 Å². The van der Waals surface area contributed by atoms with Crippen LogP contribution in [0.1, 0.15) is 256 Å². The Balaban J connectivity index is 0.000000560. The summed E-state index contributed by atoms with van der Waals surface area (Å²) in [7, 11) is -16.0. The standard InChI is InChI=1S/C23H31O5P.C21H29O6P.C20H33O5P.C17H25O8P.C16H33O6P/c1-6-26-29(5,25)27-16-20-9-13-22(14-10-20)28-23(24)18(4)21-11-7-19(8-12-21)15-17(2)3;1-4-26-28(3,24)27-12-6-5-11-25-21(23)16(2)18-9-10-19-13-17(15-22)7-8-20(19)14-18;1-6-24-26(5,22)25-14-8-7-13-23-20(21)17(4)19-11-9-18(10-12-19)15-16(2)3;1-5-22-26(20,23-6-2)24-12-13(3)11-21-17(19)15-9-7-8-10-16(15)25-14(4)18;1-5-11-15(12-6-2)16(17)19-13-9-10-14-22-23(18,20-7-3)21-8-4/h7-14,17-18H,6,15-16H2,1-5H3;7-10,13-14,16,22H,4-6,11-12,15H2,1-3H3;9-12,16-17H,6-8,13-15H2,1-5H3;7-10,13H,5-6,11-12H2,1-4H3;15H,5-14H2,1-4H3. The molecule has 35 heteroatoms. The first-order valence-corrected chi connectivity index (χ1v) is 54.8. The van der Waals surface area contributed by atoms with E-state index in [1.54, 1.807) is 91.8 Å². The summed E-state index contributed by atoms with van der Waals surface area (Å²) < 4.78 is 153. The molecule has 0 aliphatic carbocycles. The van der Waals surface area contributed by atoms with Crippen LogP contribution in [-0.2, 0) is 146 Å². The van der Waals surface area contributed by atoms with E-state index in [2.05, 4.69) is 65.8 Å². The fraction of sp³-hybridized carbons (Fsp3) is 0.588. The lowest BCUT2D eigenvalue weighted by Crippen LogP contribution is -2.18. The number of ether oxygens (including phenoxy) is 6. The van der Waals surface area contributed by atoms with Crippen molar-refractivity contribution in [3.63, 3.8) is 0 Å². The molecule has 6 aromatic carbocycles. The van der Waals surface area contributed by atoms with Crippen LogP contribution in [0.3, 0.4) is 0 Å². The van der Waals surface area contributed by atoms with Gasteiger partial charge in [0.15, 0.2) is 0 Å². The molecule has 6 aromatic rings. The number of carbonyl (C=O) groups excluding carboxylic acids is 6. The Morgan fingerprint density at radius 3 is 1.17 bits per heavy atom. The van der Waals surface area contributed by atoms with E-state index in [4.69, 9.17) is 82.7 Å². The molecule has 0 amide bonds. The molecule has 0 saturated carbocycles. The lowest BCUT2D eigenvalue weighted by Gasteiger charge is -2.19. The Morgan fingerprint density at radius 2 is 0.735 bits per heavy atom. The Hall–Kier alpha value is -6.97. The van der Waals surface area contributed by atoms with Gasteiger partial charge in [-0.15, -0.1) is 0 Å². The fourth-order valence-corrected chi connectivity index (χ4v) is 17.7. The van der Waals surface area contributed by atoms with Gasteiger partial charge in [-0.05, 0) is 225 Å². The number of phosphoric acid groups is 2. The predicted octanol–water partition coefficient (Wildman–Crippen LogP) is 24.1. The Kier molecular flexibility index (Phi) is 61.7. The lowest BCUT2D eigenvalue weighted by molar-refractivity contribution is -0.149. The highest BCUT2D eigenvalue weighted by Crippen LogP contribution is 2.51. The molecule has 7 unspecified atom stereocenters. The van der Waals surface area contributed by atoms with Crippen molar-refractivity contribution in [1.29, 1.82) is 0 Å². The normalized spacial score (nSPS) is 13.7. The Labute approximate surface area is 785 Å². The Bertz CT molecular complexity index is 4500. The molecule has 1 N–H and O–H groups in total. The van der Waals surface area contributed by atoms with E-state index < -0.39 is 50.4 Å². The van der Waals surface area contributed by atoms with Gasteiger partial charge in [0.25, 0.3) is 0 Å². The summed E-state index contributed by atoms with van der Waals surface area (Å²) in [6, 6.07) is 41.1. The molecule has 0 saturated heterocycles. The van der Waals surface area contributed by atoms with Gasteiger partial charge in [-0.1, -0.05) is 164 Å². The number of carbonyl (C=O) groups is 6. The van der Waals surface area contributed by atoms with Gasteiger partial charge in [-0.25, -0.2) is 13.9 Å². The minimum absolute atomic E-state index is 0.00684. The quantitative estimate of drug-likeness (QED) is 0.0122. The van der Waals surface area contributed by atoms with Crippen LogP contribution >= 0.6 is 38.4 Å². The summed E-state index contributed by atoms with van der Waals surface area (Å²) in [4.78, 5) is 72.2. The zero-order valence-corrected chi connectivity index (χ0v) is 86.2. The van der Waals surface area contributed by atoms with Gasteiger partial charge >= 0.3 is 74.2 Å². The smallest absolute Gasteiger partial charge is 0.465 e. The van der Waals surface area contributed by atoms with Crippen molar-refractivity contribution in [2.75, 3.05) is 119 Å². The van der Waals surface area contributed by atoms with E-state index in [9.17, 15) is 56.7 Å². The van der Waals surface area contributed by atoms with Crippen LogP contribution < -0.4 is 9.47 Å². The second-order valence-corrected chi connectivity index (χ2v) is 41.4. The number of esters is 6. The number of hydrogen-bond acceptors (Lipinski definition) is 30. The lowest BCUT2D eigenvalue weighted by atomic mass is 9.97. The van der Waals surface area contributed by atoms with Crippen molar-refractivity contribution in [2.45, 2.75) is 233 Å². The SMILES string of the molecule is CCCC(CCC)C(=O)OCCCCOP(=O)(OCC)OCC.CCOP(=O)(OCC)OCC(C)COC(=O)c1ccccc1OC(C)=O.CCOP(C)(=O)OCCCCOC(=O)C(C)c1ccc(CC(C)C)cc1.CCOP(C)(=O)OCCCCOC(=O)C(C)c1ccc2cc(CO)ccc2c1.CCOP(C)(=O)OCc1ccc(OC(=O)C(C)c2ccc(CC(C)C)cc2)cc1. The average molecular weight is 1950 g/mol. The van der Waals surface area contributed by atoms with Gasteiger partial charge in [-0.2, -0.15) is 0 Å². The maximum atomic E-state index is 12.5. The van der Waals surface area contributed by atoms with Gasteiger partial charge in [-0.3, -0.25) is 64.8 Å². The molecule has 132 heavy (non-hydrogen) atoms. The summed E-state index contributed by atoms with van der Waals surface area (Å²) >= 11 is 0. The van der Waals surface area contributed by atoms with Crippen molar-refractivity contribution in [2.24, 2.45) is 23.7 Å². The molecule has 0 aliphatic heterocycles. The highest BCUT2D eigenvalue weighted by Gasteiger charge is 2.30. The maximum Gasteiger partial charge on any atom is 0.474 e. The highest BCUT2D eigenvalue weighted by molar-refractivity contribution is 7.53. The van der Waals surface area contributed by atoms with Gasteiger partial charge in [0, 0.05) is 32.8 Å². The highest BCUT2D eigenvalue weighted by atomic mass is 31.2. The van der Waals surface area contributed by atoms with Gasteiger partial charge in [0.05, 0.1) is 136 Å². The molecule has 0 fully saturated rings. The Morgan fingerprint density at radius 1 is 0.356 bits per heavy atom. The third-order valence-corrected chi connectivity index (χ3v) is 26.3. The van der Waals surface area contributed by atoms with Gasteiger partial charge in [0.1, 0.15) is 17.1 Å².